The lowest BCUT2D eigenvalue weighted by Gasteiger charge is -2.31. The summed E-state index contributed by atoms with van der Waals surface area (Å²) in [7, 11) is 0. The summed E-state index contributed by atoms with van der Waals surface area (Å²) in [6.07, 6.45) is 5.68. The summed E-state index contributed by atoms with van der Waals surface area (Å²) in [5.41, 5.74) is 7.46. The Balaban J connectivity index is 0.000000469. The van der Waals surface area contributed by atoms with Crippen molar-refractivity contribution in [3.63, 3.8) is 0 Å². The molecule has 1 atom stereocenters. The second-order valence-electron chi connectivity index (χ2n) is 8.50. The lowest BCUT2D eigenvalue weighted by Crippen LogP contribution is -2.41. The van der Waals surface area contributed by atoms with Crippen LogP contribution in [0.1, 0.15) is 29.7 Å². The molecular weight excluding hydrogens is 470 g/mol. The molecule has 1 amide bonds. The van der Waals surface area contributed by atoms with Crippen molar-refractivity contribution in [3.05, 3.63) is 90.1 Å². The summed E-state index contributed by atoms with van der Waals surface area (Å²) in [4.78, 5) is 21.3. The number of hydrogen-bond acceptors (Lipinski definition) is 9. The third-order valence-corrected chi connectivity index (χ3v) is 5.76. The summed E-state index contributed by atoms with van der Waals surface area (Å²) >= 11 is 0. The number of rotatable bonds is 7. The normalized spacial score (nSPS) is 14.7. The Morgan fingerprint density at radius 1 is 1.14 bits per heavy atom. The molecular formula is C27H29N7O3. The number of amides is 1. The number of likely N-dealkylation sites (tertiary alicyclic amines) is 1. The van der Waals surface area contributed by atoms with E-state index in [1.807, 2.05) is 61.5 Å². The second kappa shape index (κ2) is 12.3. The fourth-order valence-electron chi connectivity index (χ4n) is 3.91. The van der Waals surface area contributed by atoms with Gasteiger partial charge in [-0.1, -0.05) is 23.4 Å². The molecule has 4 N–H and O–H groups in total. The van der Waals surface area contributed by atoms with Crippen molar-refractivity contribution < 1.29 is 14.1 Å². The van der Waals surface area contributed by atoms with E-state index in [1.165, 1.54) is 6.33 Å². The Labute approximate surface area is 215 Å². The summed E-state index contributed by atoms with van der Waals surface area (Å²) in [6, 6.07) is 18.6. The Morgan fingerprint density at radius 3 is 2.54 bits per heavy atom. The molecule has 190 valence electrons. The van der Waals surface area contributed by atoms with E-state index >= 15 is 0 Å². The summed E-state index contributed by atoms with van der Waals surface area (Å²) in [5, 5.41) is 15.5. The minimum Gasteiger partial charge on any atom is -0.457 e. The molecule has 2 aromatic carbocycles. The zero-order valence-electron chi connectivity index (χ0n) is 20.5. The molecule has 1 fully saturated rings. The molecule has 5 rings (SSSR count). The highest BCUT2D eigenvalue weighted by atomic mass is 16.5. The van der Waals surface area contributed by atoms with Gasteiger partial charge in [0.25, 0.3) is 0 Å². The van der Waals surface area contributed by atoms with Crippen molar-refractivity contribution in [2.24, 2.45) is 0 Å². The van der Waals surface area contributed by atoms with Gasteiger partial charge in [-0.2, -0.15) is 0 Å². The Bertz CT molecular complexity index is 1300. The molecule has 0 saturated carbocycles. The molecule has 1 unspecified atom stereocenters. The maximum Gasteiger partial charge on any atom is 0.209 e. The van der Waals surface area contributed by atoms with E-state index in [1.54, 1.807) is 17.2 Å². The van der Waals surface area contributed by atoms with Crippen LogP contribution in [0.5, 0.6) is 11.5 Å². The molecule has 1 aliphatic heterocycles. The number of nitrogens with zero attached hydrogens (tertiary/aromatic N) is 4. The average molecular weight is 500 g/mol. The van der Waals surface area contributed by atoms with Gasteiger partial charge in [-0.25, -0.2) is 9.97 Å². The molecule has 4 aromatic rings. The van der Waals surface area contributed by atoms with E-state index in [-0.39, 0.29) is 17.6 Å². The van der Waals surface area contributed by atoms with Crippen LogP contribution in [-0.4, -0.2) is 51.3 Å². The van der Waals surface area contributed by atoms with Gasteiger partial charge < -0.3 is 25.2 Å². The molecule has 10 nitrogen and oxygen atoms in total. The Hall–Kier alpha value is -4.73. The SMILES string of the molecule is Cc1ccno1.N=C(c1ccc(Oc2ccccc2)cc1)c1c(N)ncnc1NC1CCCN(C=O)C1. The third kappa shape index (κ3) is 6.91. The molecule has 0 aliphatic carbocycles. The zero-order chi connectivity index (χ0) is 26.0. The molecule has 1 saturated heterocycles. The molecule has 2 aromatic heterocycles. The van der Waals surface area contributed by atoms with E-state index < -0.39 is 0 Å². The smallest absolute Gasteiger partial charge is 0.209 e. The first-order valence-electron chi connectivity index (χ1n) is 11.9. The Kier molecular flexibility index (Phi) is 8.43. The molecule has 0 bridgehead atoms. The Morgan fingerprint density at radius 2 is 1.89 bits per heavy atom. The quantitative estimate of drug-likeness (QED) is 0.252. The van der Waals surface area contributed by atoms with Crippen LogP contribution in [0.25, 0.3) is 0 Å². The maximum absolute atomic E-state index is 11.1. The minimum atomic E-state index is 0.0430. The summed E-state index contributed by atoms with van der Waals surface area (Å²) in [6.45, 7) is 3.20. The van der Waals surface area contributed by atoms with Crippen LogP contribution in [0.15, 0.2) is 77.7 Å². The fraction of sp³-hybridized carbons (Fsp3) is 0.222. The van der Waals surface area contributed by atoms with Gasteiger partial charge >= 0.3 is 0 Å². The van der Waals surface area contributed by atoms with Crippen molar-refractivity contribution in [3.8, 4) is 11.5 Å². The van der Waals surface area contributed by atoms with E-state index in [4.69, 9.17) is 15.9 Å². The van der Waals surface area contributed by atoms with Crippen LogP contribution in [0.2, 0.25) is 0 Å². The van der Waals surface area contributed by atoms with Crippen LogP contribution < -0.4 is 15.8 Å². The number of anilines is 2. The van der Waals surface area contributed by atoms with Gasteiger partial charge in [0.1, 0.15) is 35.2 Å². The van der Waals surface area contributed by atoms with Gasteiger partial charge in [0.15, 0.2) is 0 Å². The number of nitrogen functional groups attached to an aromatic ring is 1. The van der Waals surface area contributed by atoms with E-state index in [0.717, 1.165) is 37.3 Å². The maximum atomic E-state index is 11.1. The predicted octanol–water partition coefficient (Wildman–Crippen LogP) is 4.28. The van der Waals surface area contributed by atoms with Crippen LogP contribution in [-0.2, 0) is 4.79 Å². The number of carbonyl (C=O) groups excluding carboxylic acids is 1. The van der Waals surface area contributed by atoms with Gasteiger partial charge in [0.2, 0.25) is 6.41 Å². The minimum absolute atomic E-state index is 0.0430. The summed E-state index contributed by atoms with van der Waals surface area (Å²) < 4.78 is 10.4. The van der Waals surface area contributed by atoms with Crippen molar-refractivity contribution in [2.75, 3.05) is 24.1 Å². The van der Waals surface area contributed by atoms with Crippen LogP contribution in [0.4, 0.5) is 11.6 Å². The number of hydrogen-bond donors (Lipinski definition) is 3. The third-order valence-electron chi connectivity index (χ3n) is 5.76. The lowest BCUT2D eigenvalue weighted by atomic mass is 10.0. The molecule has 0 spiro atoms. The highest BCUT2D eigenvalue weighted by Gasteiger charge is 2.22. The van der Waals surface area contributed by atoms with Crippen molar-refractivity contribution in [1.82, 2.24) is 20.0 Å². The molecule has 10 heteroatoms. The van der Waals surface area contributed by atoms with Crippen molar-refractivity contribution >= 4 is 23.8 Å². The fourth-order valence-corrected chi connectivity index (χ4v) is 3.91. The van der Waals surface area contributed by atoms with E-state index in [9.17, 15) is 4.79 Å². The van der Waals surface area contributed by atoms with Gasteiger partial charge in [-0.3, -0.25) is 10.2 Å². The highest BCUT2D eigenvalue weighted by molar-refractivity contribution is 6.16. The molecule has 0 radical (unpaired) electrons. The van der Waals surface area contributed by atoms with E-state index in [0.29, 0.717) is 29.2 Å². The number of nitrogens with two attached hydrogens (primary N) is 1. The summed E-state index contributed by atoms with van der Waals surface area (Å²) in [5.74, 6) is 3.01. The lowest BCUT2D eigenvalue weighted by molar-refractivity contribution is -0.119. The van der Waals surface area contributed by atoms with Crippen LogP contribution in [0, 0.1) is 12.3 Å². The van der Waals surface area contributed by atoms with Gasteiger partial charge in [0, 0.05) is 30.8 Å². The van der Waals surface area contributed by atoms with Crippen molar-refractivity contribution in [2.45, 2.75) is 25.8 Å². The van der Waals surface area contributed by atoms with Crippen molar-refractivity contribution in [1.29, 1.82) is 5.41 Å². The number of aromatic nitrogens is 3. The van der Waals surface area contributed by atoms with Crippen LogP contribution >= 0.6 is 0 Å². The highest BCUT2D eigenvalue weighted by Crippen LogP contribution is 2.26. The number of nitrogens with one attached hydrogen (secondary N) is 2. The number of benzene rings is 2. The standard InChI is InChI=1S/C23H24N6O2.C4H5NO/c24-21(16-8-10-19(11-9-16)31-18-6-2-1-3-7-18)20-22(25)26-14-27-23(20)28-17-5-4-12-29(13-17)15-30;1-4-2-3-5-6-4/h1-3,6-11,14-15,17,24H,4-5,12-13H2,(H3,25,26,27,28);2-3H,1H3. The first-order chi connectivity index (χ1) is 18.0. The number of piperidine rings is 1. The number of carbonyl (C=O) groups is 1. The number of para-hydroxylation sites is 1. The molecule has 3 heterocycles. The predicted molar refractivity (Wildman–Crippen MR) is 141 cm³/mol. The van der Waals surface area contributed by atoms with E-state index in [2.05, 4.69) is 25.0 Å². The number of aryl methyl sites for hydroxylation is 1. The topological polar surface area (TPSA) is 143 Å². The van der Waals surface area contributed by atoms with Gasteiger partial charge in [-0.05, 0) is 56.2 Å². The first-order valence-corrected chi connectivity index (χ1v) is 11.9. The monoisotopic (exact) mass is 499 g/mol. The largest absolute Gasteiger partial charge is 0.457 e. The van der Waals surface area contributed by atoms with Crippen LogP contribution in [0.3, 0.4) is 0 Å². The van der Waals surface area contributed by atoms with Gasteiger partial charge in [0.05, 0.1) is 17.5 Å². The average Bonchev–Trinajstić information content (AvgIpc) is 3.41. The zero-order valence-corrected chi connectivity index (χ0v) is 20.5. The van der Waals surface area contributed by atoms with Gasteiger partial charge in [-0.15, -0.1) is 0 Å². The number of ether oxygens (including phenoxy) is 1. The molecule has 1 aliphatic rings. The first kappa shape index (κ1) is 25.4. The second-order valence-corrected chi connectivity index (χ2v) is 8.50. The molecule has 37 heavy (non-hydrogen) atoms.